The van der Waals surface area contributed by atoms with Gasteiger partial charge in [-0.25, -0.2) is 0 Å². The number of carbonyl (C=O) groups is 1. The van der Waals surface area contributed by atoms with Gasteiger partial charge in [0, 0.05) is 12.6 Å². The Balaban J connectivity index is 1.94. The van der Waals surface area contributed by atoms with Gasteiger partial charge in [0.15, 0.2) is 0 Å². The van der Waals surface area contributed by atoms with Crippen LogP contribution in [0.1, 0.15) is 29.1 Å². The zero-order valence-corrected chi connectivity index (χ0v) is 15.7. The largest absolute Gasteiger partial charge is 0.496 e. The number of anilines is 1. The molecule has 0 saturated heterocycles. The summed E-state index contributed by atoms with van der Waals surface area (Å²) in [5.41, 5.74) is 5.33. The van der Waals surface area contributed by atoms with Crippen LogP contribution in [-0.2, 0) is 17.8 Å². The van der Waals surface area contributed by atoms with E-state index in [1.807, 2.05) is 49.1 Å². The molecule has 0 atom stereocenters. The van der Waals surface area contributed by atoms with Crippen molar-refractivity contribution in [1.82, 2.24) is 10.1 Å². The number of nitrogens with zero attached hydrogens (tertiary/aromatic N) is 3. The lowest BCUT2D eigenvalue weighted by atomic mass is 9.91. The number of rotatable bonds is 4. The fourth-order valence-corrected chi connectivity index (χ4v) is 3.70. The van der Waals surface area contributed by atoms with Crippen LogP contribution in [0.25, 0.3) is 11.1 Å². The maximum absolute atomic E-state index is 12.9. The topological polar surface area (TPSA) is 68.5 Å². The summed E-state index contributed by atoms with van der Waals surface area (Å²) in [7, 11) is 1.64. The predicted molar refractivity (Wildman–Crippen MR) is 102 cm³/mol. The molecule has 1 aliphatic heterocycles. The van der Waals surface area contributed by atoms with Gasteiger partial charge in [-0.15, -0.1) is 0 Å². The third-order valence-corrected chi connectivity index (χ3v) is 4.95. The van der Waals surface area contributed by atoms with Crippen LogP contribution in [-0.4, -0.2) is 23.2 Å². The van der Waals surface area contributed by atoms with Crippen LogP contribution in [0.4, 0.5) is 5.69 Å². The van der Waals surface area contributed by atoms with Gasteiger partial charge in [-0.3, -0.25) is 9.78 Å². The normalized spacial score (nSPS) is 13.6. The third kappa shape index (κ3) is 2.97. The maximum Gasteiger partial charge on any atom is 0.227 e. The Morgan fingerprint density at radius 2 is 2.00 bits per heavy atom. The molecule has 3 aromatic rings. The lowest BCUT2D eigenvalue weighted by molar-refractivity contribution is -0.119. The summed E-state index contributed by atoms with van der Waals surface area (Å²) in [5, 5.41) is 4.10. The zero-order chi connectivity index (χ0) is 19.0. The number of hydrogen-bond acceptors (Lipinski definition) is 5. The molecule has 1 aliphatic rings. The van der Waals surface area contributed by atoms with Crippen LogP contribution in [0.5, 0.6) is 5.75 Å². The van der Waals surface area contributed by atoms with Gasteiger partial charge in [-0.05, 0) is 44.0 Å². The number of aryl methyl sites for hydroxylation is 3. The van der Waals surface area contributed by atoms with Crippen molar-refractivity contribution in [3.63, 3.8) is 0 Å². The molecule has 2 aromatic heterocycles. The number of ether oxygens (including phenoxy) is 1. The third-order valence-electron chi connectivity index (χ3n) is 4.95. The number of carbonyl (C=O) groups excluding carboxylic acids is 1. The van der Waals surface area contributed by atoms with Crippen LogP contribution in [0.15, 0.2) is 41.1 Å². The predicted octanol–water partition coefficient (Wildman–Crippen LogP) is 3.84. The van der Waals surface area contributed by atoms with E-state index < -0.39 is 0 Å². The molecule has 3 heterocycles. The lowest BCUT2D eigenvalue weighted by Crippen LogP contribution is -2.35. The highest BCUT2D eigenvalue weighted by Crippen LogP contribution is 2.46. The molecule has 0 aliphatic carbocycles. The minimum atomic E-state index is 0.0782. The number of methoxy groups -OCH3 is 1. The number of amides is 1. The van der Waals surface area contributed by atoms with Gasteiger partial charge in [0.1, 0.15) is 11.5 Å². The van der Waals surface area contributed by atoms with E-state index in [0.29, 0.717) is 30.9 Å². The summed E-state index contributed by atoms with van der Waals surface area (Å²) >= 11 is 0. The summed E-state index contributed by atoms with van der Waals surface area (Å²) in [6.07, 6.45) is 2.92. The van der Waals surface area contributed by atoms with Gasteiger partial charge >= 0.3 is 0 Å². The lowest BCUT2D eigenvalue weighted by Gasteiger charge is -2.32. The minimum Gasteiger partial charge on any atom is -0.496 e. The molecule has 0 radical (unpaired) electrons. The van der Waals surface area contributed by atoms with E-state index in [2.05, 4.69) is 10.1 Å². The van der Waals surface area contributed by atoms with Crippen LogP contribution >= 0.6 is 0 Å². The van der Waals surface area contributed by atoms with Crippen molar-refractivity contribution in [2.24, 2.45) is 0 Å². The standard InChI is InChI=1S/C21H21N3O3/c1-13-19(14(2)27-23-13)20-17(26-3)9-7-15-8-10-18(25)24(21(15)20)12-16-6-4-5-11-22-16/h4-7,9,11H,8,10,12H2,1-3H3. The number of hydrogen-bond donors (Lipinski definition) is 0. The van der Waals surface area contributed by atoms with Gasteiger partial charge in [0.2, 0.25) is 5.91 Å². The van der Waals surface area contributed by atoms with Crippen molar-refractivity contribution in [2.75, 3.05) is 12.0 Å². The van der Waals surface area contributed by atoms with Crippen molar-refractivity contribution in [3.05, 3.63) is 59.2 Å². The summed E-state index contributed by atoms with van der Waals surface area (Å²) in [4.78, 5) is 19.1. The highest BCUT2D eigenvalue weighted by Gasteiger charge is 2.31. The van der Waals surface area contributed by atoms with Crippen molar-refractivity contribution < 1.29 is 14.1 Å². The molecule has 0 fully saturated rings. The Morgan fingerprint density at radius 1 is 1.15 bits per heavy atom. The van der Waals surface area contributed by atoms with E-state index in [0.717, 1.165) is 33.8 Å². The van der Waals surface area contributed by atoms with Crippen LogP contribution in [0, 0.1) is 13.8 Å². The first kappa shape index (κ1) is 17.3. The second kappa shape index (κ2) is 6.87. The van der Waals surface area contributed by atoms with E-state index in [1.54, 1.807) is 13.3 Å². The molecule has 1 aromatic carbocycles. The van der Waals surface area contributed by atoms with E-state index in [1.165, 1.54) is 0 Å². The van der Waals surface area contributed by atoms with Gasteiger partial charge < -0.3 is 14.2 Å². The summed E-state index contributed by atoms with van der Waals surface area (Å²) in [6, 6.07) is 9.71. The molecule has 0 unspecified atom stereocenters. The zero-order valence-electron chi connectivity index (χ0n) is 15.7. The number of aromatic nitrogens is 2. The molecule has 0 N–H and O–H groups in total. The molecular formula is C21H21N3O3. The van der Waals surface area contributed by atoms with Crippen LogP contribution in [0.3, 0.4) is 0 Å². The molecule has 27 heavy (non-hydrogen) atoms. The first-order chi connectivity index (χ1) is 13.1. The van der Waals surface area contributed by atoms with Gasteiger partial charge in [-0.1, -0.05) is 17.3 Å². The molecule has 6 heteroatoms. The van der Waals surface area contributed by atoms with Gasteiger partial charge in [0.05, 0.1) is 41.9 Å². The summed E-state index contributed by atoms with van der Waals surface area (Å²) in [5.74, 6) is 1.48. The second-order valence-corrected chi connectivity index (χ2v) is 6.65. The monoisotopic (exact) mass is 363 g/mol. The molecule has 1 amide bonds. The molecule has 6 nitrogen and oxygen atoms in total. The van der Waals surface area contributed by atoms with E-state index in [9.17, 15) is 4.79 Å². The number of fused-ring (bicyclic) bond motifs is 1. The van der Waals surface area contributed by atoms with Crippen LogP contribution < -0.4 is 9.64 Å². The number of pyridine rings is 1. The fourth-order valence-electron chi connectivity index (χ4n) is 3.70. The molecular weight excluding hydrogens is 342 g/mol. The Labute approximate surface area is 157 Å². The Bertz CT molecular complexity index is 976. The summed E-state index contributed by atoms with van der Waals surface area (Å²) in [6.45, 7) is 4.19. The van der Waals surface area contributed by atoms with Crippen LogP contribution in [0.2, 0.25) is 0 Å². The van der Waals surface area contributed by atoms with E-state index in [4.69, 9.17) is 9.26 Å². The van der Waals surface area contributed by atoms with Crippen molar-refractivity contribution in [2.45, 2.75) is 33.2 Å². The summed E-state index contributed by atoms with van der Waals surface area (Å²) < 4.78 is 11.1. The Morgan fingerprint density at radius 3 is 2.67 bits per heavy atom. The first-order valence-corrected chi connectivity index (χ1v) is 8.93. The van der Waals surface area contributed by atoms with Gasteiger partial charge in [-0.2, -0.15) is 0 Å². The van der Waals surface area contributed by atoms with Crippen molar-refractivity contribution >= 4 is 11.6 Å². The first-order valence-electron chi connectivity index (χ1n) is 8.93. The molecule has 0 saturated carbocycles. The molecule has 0 bridgehead atoms. The quantitative estimate of drug-likeness (QED) is 0.704. The Kier molecular flexibility index (Phi) is 4.39. The van der Waals surface area contributed by atoms with Crippen molar-refractivity contribution in [3.8, 4) is 16.9 Å². The maximum atomic E-state index is 12.9. The Hall–Kier alpha value is -3.15. The smallest absolute Gasteiger partial charge is 0.227 e. The fraction of sp³-hybridized carbons (Fsp3) is 0.286. The highest BCUT2D eigenvalue weighted by atomic mass is 16.5. The minimum absolute atomic E-state index is 0.0782. The molecule has 0 spiro atoms. The SMILES string of the molecule is COc1ccc2c(c1-c1c(C)noc1C)N(Cc1ccccn1)C(=O)CC2. The number of benzene rings is 1. The average molecular weight is 363 g/mol. The second-order valence-electron chi connectivity index (χ2n) is 6.65. The van der Waals surface area contributed by atoms with E-state index >= 15 is 0 Å². The highest BCUT2D eigenvalue weighted by molar-refractivity contribution is 6.02. The van der Waals surface area contributed by atoms with Crippen molar-refractivity contribution in [1.29, 1.82) is 0 Å². The molecule has 138 valence electrons. The van der Waals surface area contributed by atoms with Gasteiger partial charge in [0.25, 0.3) is 0 Å². The van der Waals surface area contributed by atoms with E-state index in [-0.39, 0.29) is 5.91 Å². The molecule has 4 rings (SSSR count). The average Bonchev–Trinajstić information content (AvgIpc) is 3.02.